The monoisotopic (exact) mass is 476 g/mol. The fourth-order valence-electron chi connectivity index (χ4n) is 3.81. The number of aryl methyl sites for hydroxylation is 1. The van der Waals surface area contributed by atoms with Gasteiger partial charge in [0.25, 0.3) is 0 Å². The molecule has 3 rings (SSSR count). The lowest BCUT2D eigenvalue weighted by Gasteiger charge is -2.32. The molecular weight excluding hydrogens is 443 g/mol. The number of sulfone groups is 1. The zero-order valence-corrected chi connectivity index (χ0v) is 20.3. The molecule has 1 aromatic heterocycles. The number of likely N-dealkylation sites (tertiary alicyclic amines) is 1. The number of fused-ring (bicyclic) bond motifs is 1. The first-order chi connectivity index (χ1) is 13.4. The van der Waals surface area contributed by atoms with Gasteiger partial charge in [-0.05, 0) is 62.4 Å². The molecular formula is C22H34Cl2N2O3S. The van der Waals surface area contributed by atoms with Gasteiger partial charge < -0.3 is 9.64 Å². The molecule has 5 nitrogen and oxygen atoms in total. The van der Waals surface area contributed by atoms with Crippen molar-refractivity contribution in [1.29, 1.82) is 0 Å². The molecule has 0 atom stereocenters. The van der Waals surface area contributed by atoms with Crippen LogP contribution in [0.4, 0.5) is 0 Å². The lowest BCUT2D eigenvalue weighted by atomic mass is 10.0. The molecule has 0 spiro atoms. The van der Waals surface area contributed by atoms with Gasteiger partial charge in [0, 0.05) is 30.9 Å². The molecule has 0 amide bonds. The molecule has 0 N–H and O–H groups in total. The zero-order chi connectivity index (χ0) is 20.0. The topological polar surface area (TPSA) is 59.5 Å². The maximum absolute atomic E-state index is 11.3. The molecule has 2 heterocycles. The first-order valence-electron chi connectivity index (χ1n) is 10.4. The van der Waals surface area contributed by atoms with Crippen molar-refractivity contribution < 1.29 is 13.2 Å². The molecule has 8 heteroatoms. The van der Waals surface area contributed by atoms with E-state index in [9.17, 15) is 8.42 Å². The van der Waals surface area contributed by atoms with E-state index in [1.165, 1.54) is 24.7 Å². The zero-order valence-electron chi connectivity index (χ0n) is 17.9. The number of rotatable bonds is 9. The molecule has 30 heavy (non-hydrogen) atoms. The van der Waals surface area contributed by atoms with E-state index in [0.717, 1.165) is 55.5 Å². The van der Waals surface area contributed by atoms with Crippen LogP contribution in [0.5, 0.6) is 5.75 Å². The lowest BCUT2D eigenvalue weighted by molar-refractivity contribution is 0.102. The van der Waals surface area contributed by atoms with Gasteiger partial charge in [0.15, 0.2) is 0 Å². The van der Waals surface area contributed by atoms with Gasteiger partial charge in [-0.25, -0.2) is 8.42 Å². The van der Waals surface area contributed by atoms with Crippen molar-refractivity contribution in [1.82, 2.24) is 9.88 Å². The highest BCUT2D eigenvalue weighted by Gasteiger charge is 2.21. The molecule has 2 aromatic rings. The molecule has 1 aliphatic rings. The highest BCUT2D eigenvalue weighted by molar-refractivity contribution is 7.90. The molecule has 0 aliphatic carbocycles. The number of nitrogens with zero attached hydrogens (tertiary/aromatic N) is 2. The van der Waals surface area contributed by atoms with Gasteiger partial charge in [0.05, 0.1) is 5.75 Å². The van der Waals surface area contributed by atoms with Crippen molar-refractivity contribution >= 4 is 45.6 Å². The van der Waals surface area contributed by atoms with Crippen LogP contribution >= 0.6 is 24.8 Å². The highest BCUT2D eigenvalue weighted by Crippen LogP contribution is 2.29. The van der Waals surface area contributed by atoms with Crippen LogP contribution in [0.1, 0.15) is 44.6 Å². The summed E-state index contributed by atoms with van der Waals surface area (Å²) >= 11 is 0. The van der Waals surface area contributed by atoms with Crippen molar-refractivity contribution in [3.05, 3.63) is 36.0 Å². The van der Waals surface area contributed by atoms with Gasteiger partial charge in [-0.15, -0.1) is 24.8 Å². The van der Waals surface area contributed by atoms with Crippen molar-refractivity contribution in [3.8, 4) is 5.75 Å². The van der Waals surface area contributed by atoms with E-state index in [0.29, 0.717) is 6.42 Å². The van der Waals surface area contributed by atoms with Gasteiger partial charge in [0.2, 0.25) is 0 Å². The van der Waals surface area contributed by atoms with E-state index in [-0.39, 0.29) is 36.7 Å². The number of aromatic nitrogens is 1. The predicted octanol–water partition coefficient (Wildman–Crippen LogP) is 4.70. The fourth-order valence-corrected chi connectivity index (χ4v) is 4.47. The molecule has 0 saturated carbocycles. The summed E-state index contributed by atoms with van der Waals surface area (Å²) in [6.07, 6.45) is 9.38. The molecule has 0 bridgehead atoms. The lowest BCUT2D eigenvalue weighted by Crippen LogP contribution is -2.39. The third kappa shape index (κ3) is 8.22. The Labute approximate surface area is 193 Å². The van der Waals surface area contributed by atoms with Crippen LogP contribution < -0.4 is 4.74 Å². The Morgan fingerprint density at radius 3 is 2.57 bits per heavy atom. The maximum atomic E-state index is 11.3. The Hall–Kier alpha value is -1.08. The SMILES string of the molecule is CCCCc1cc(OC2CCN(CCCS(C)(=O)=O)CC2)c2ncccc2c1.Cl.Cl. The number of halogens is 2. The minimum Gasteiger partial charge on any atom is -0.488 e. The standard InChI is InChI=1S/C22H32N2O3S.2ClH/c1-3-4-7-18-16-19-8-5-11-23-22(19)21(17-18)27-20-9-13-24(14-10-20)12-6-15-28(2,25)26;;/h5,8,11,16-17,20H,3-4,6-7,9-10,12-15H2,1-2H3;2*1H. The molecule has 170 valence electrons. The highest BCUT2D eigenvalue weighted by atomic mass is 35.5. The van der Waals surface area contributed by atoms with Gasteiger partial charge in [-0.1, -0.05) is 19.4 Å². The Bertz CT molecular complexity index is 885. The predicted molar refractivity (Wildman–Crippen MR) is 129 cm³/mol. The number of hydrogen-bond acceptors (Lipinski definition) is 5. The molecule has 0 unspecified atom stereocenters. The number of hydrogen-bond donors (Lipinski definition) is 0. The van der Waals surface area contributed by atoms with Crippen LogP contribution in [0.15, 0.2) is 30.5 Å². The van der Waals surface area contributed by atoms with Crippen molar-refractivity contribution in [2.45, 2.75) is 51.6 Å². The Morgan fingerprint density at radius 2 is 1.90 bits per heavy atom. The van der Waals surface area contributed by atoms with E-state index in [4.69, 9.17) is 4.74 Å². The van der Waals surface area contributed by atoms with Gasteiger partial charge in [-0.3, -0.25) is 4.98 Å². The summed E-state index contributed by atoms with van der Waals surface area (Å²) in [5.74, 6) is 1.17. The number of ether oxygens (including phenoxy) is 1. The van der Waals surface area contributed by atoms with E-state index in [1.807, 2.05) is 12.3 Å². The number of benzene rings is 1. The first-order valence-corrected chi connectivity index (χ1v) is 12.4. The second kappa shape index (κ2) is 12.7. The molecule has 1 aliphatic heterocycles. The summed E-state index contributed by atoms with van der Waals surface area (Å²) in [6.45, 7) is 4.96. The van der Waals surface area contributed by atoms with E-state index < -0.39 is 9.84 Å². The molecule has 0 radical (unpaired) electrons. The summed E-state index contributed by atoms with van der Waals surface area (Å²) < 4.78 is 29.0. The number of pyridine rings is 1. The minimum absolute atomic E-state index is 0. The first kappa shape index (κ1) is 27.0. The van der Waals surface area contributed by atoms with Crippen LogP contribution in [0.3, 0.4) is 0 Å². The third-order valence-corrected chi connectivity index (χ3v) is 6.40. The summed E-state index contributed by atoms with van der Waals surface area (Å²) in [6, 6.07) is 8.48. The van der Waals surface area contributed by atoms with E-state index in [1.54, 1.807) is 0 Å². The normalized spacial score (nSPS) is 15.4. The number of piperidine rings is 1. The van der Waals surface area contributed by atoms with Gasteiger partial charge in [0.1, 0.15) is 27.2 Å². The van der Waals surface area contributed by atoms with Gasteiger partial charge in [-0.2, -0.15) is 0 Å². The maximum Gasteiger partial charge on any atom is 0.147 e. The summed E-state index contributed by atoms with van der Waals surface area (Å²) in [7, 11) is -2.87. The fraction of sp³-hybridized carbons (Fsp3) is 0.591. The van der Waals surface area contributed by atoms with Crippen LogP contribution in [0.2, 0.25) is 0 Å². The van der Waals surface area contributed by atoms with Crippen LogP contribution in [-0.4, -0.2) is 56.0 Å². The minimum atomic E-state index is -2.87. The average molecular weight is 477 g/mol. The van der Waals surface area contributed by atoms with Crippen molar-refractivity contribution in [3.63, 3.8) is 0 Å². The average Bonchev–Trinajstić information content (AvgIpc) is 2.67. The van der Waals surface area contributed by atoms with Gasteiger partial charge >= 0.3 is 0 Å². The van der Waals surface area contributed by atoms with Crippen molar-refractivity contribution in [2.75, 3.05) is 31.6 Å². The second-order valence-corrected chi connectivity index (χ2v) is 10.2. The largest absolute Gasteiger partial charge is 0.488 e. The smallest absolute Gasteiger partial charge is 0.147 e. The molecule has 1 fully saturated rings. The third-order valence-electron chi connectivity index (χ3n) is 5.37. The molecule has 1 saturated heterocycles. The van der Waals surface area contributed by atoms with E-state index in [2.05, 4.69) is 35.0 Å². The van der Waals surface area contributed by atoms with Crippen LogP contribution in [-0.2, 0) is 16.3 Å². The van der Waals surface area contributed by atoms with Crippen molar-refractivity contribution in [2.24, 2.45) is 0 Å². The van der Waals surface area contributed by atoms with E-state index >= 15 is 0 Å². The Kier molecular flexibility index (Phi) is 11.4. The second-order valence-electron chi connectivity index (χ2n) is 7.91. The number of unbranched alkanes of at least 4 members (excludes halogenated alkanes) is 1. The summed E-state index contributed by atoms with van der Waals surface area (Å²) in [4.78, 5) is 6.90. The van der Waals surface area contributed by atoms with Crippen LogP contribution in [0, 0.1) is 0 Å². The quantitative estimate of drug-likeness (QED) is 0.524. The summed E-state index contributed by atoms with van der Waals surface area (Å²) in [5.41, 5.74) is 2.26. The molecule has 1 aromatic carbocycles. The Balaban J connectivity index is 0.00000225. The van der Waals surface area contributed by atoms with Crippen LogP contribution in [0.25, 0.3) is 10.9 Å². The summed E-state index contributed by atoms with van der Waals surface area (Å²) in [5, 5.41) is 1.14. The Morgan fingerprint density at radius 1 is 1.17 bits per heavy atom.